The molecule has 1 aromatic rings. The molecule has 5 heteroatoms. The van der Waals surface area contributed by atoms with Crippen LogP contribution in [0.25, 0.3) is 0 Å². The van der Waals surface area contributed by atoms with Gasteiger partial charge in [-0.05, 0) is 12.5 Å². The van der Waals surface area contributed by atoms with E-state index in [1.165, 1.54) is 18.3 Å². The van der Waals surface area contributed by atoms with Gasteiger partial charge in [0, 0.05) is 18.7 Å². The highest BCUT2D eigenvalue weighted by Crippen LogP contribution is 2.07. The molecule has 0 fully saturated rings. The Hall–Kier alpha value is -2.09. The normalized spacial score (nSPS) is 9.27. The van der Waals surface area contributed by atoms with E-state index in [9.17, 15) is 4.79 Å². The lowest BCUT2D eigenvalue weighted by Crippen LogP contribution is -2.01. The highest BCUT2D eigenvalue weighted by Gasteiger charge is 2.02. The Kier molecular flexibility index (Phi) is 4.10. The van der Waals surface area contributed by atoms with Crippen molar-refractivity contribution >= 4 is 5.97 Å². The largest absolute Gasteiger partial charge is 0.478 e. The zero-order valence-electron chi connectivity index (χ0n) is 8.01. The first-order chi connectivity index (χ1) is 7.24. The van der Waals surface area contributed by atoms with Crippen LogP contribution in [0.15, 0.2) is 18.3 Å². The van der Waals surface area contributed by atoms with Gasteiger partial charge in [-0.25, -0.2) is 9.78 Å². The molecule has 15 heavy (non-hydrogen) atoms. The predicted octanol–water partition coefficient (Wildman–Crippen LogP) is 1.46. The van der Waals surface area contributed by atoms with Crippen molar-refractivity contribution in [3.05, 3.63) is 23.9 Å². The summed E-state index contributed by atoms with van der Waals surface area (Å²) in [6, 6.07) is 4.92. The van der Waals surface area contributed by atoms with E-state index in [2.05, 4.69) is 4.98 Å². The number of carboxylic acids is 1. The molecule has 0 aliphatic rings. The summed E-state index contributed by atoms with van der Waals surface area (Å²) >= 11 is 0. The van der Waals surface area contributed by atoms with Crippen molar-refractivity contribution in [1.29, 1.82) is 5.26 Å². The monoisotopic (exact) mass is 206 g/mol. The Balaban J connectivity index is 2.43. The third-order valence-electron chi connectivity index (χ3n) is 1.67. The highest BCUT2D eigenvalue weighted by molar-refractivity contribution is 5.87. The maximum atomic E-state index is 10.5. The minimum atomic E-state index is -1.02. The van der Waals surface area contributed by atoms with Gasteiger partial charge < -0.3 is 9.84 Å². The number of hydrogen-bond donors (Lipinski definition) is 1. The zero-order valence-corrected chi connectivity index (χ0v) is 8.01. The molecule has 5 nitrogen and oxygen atoms in total. The molecule has 0 aliphatic heterocycles. The van der Waals surface area contributed by atoms with Crippen LogP contribution >= 0.6 is 0 Å². The van der Waals surface area contributed by atoms with Gasteiger partial charge in [0.15, 0.2) is 0 Å². The maximum absolute atomic E-state index is 10.5. The number of nitriles is 1. The number of rotatable bonds is 5. The fraction of sp³-hybridized carbons (Fsp3) is 0.300. The molecule has 1 aromatic heterocycles. The first-order valence-corrected chi connectivity index (χ1v) is 4.43. The molecule has 1 rings (SSSR count). The summed E-state index contributed by atoms with van der Waals surface area (Å²) in [5.74, 6) is -0.642. The summed E-state index contributed by atoms with van der Waals surface area (Å²) in [7, 11) is 0. The van der Waals surface area contributed by atoms with Gasteiger partial charge in [0.25, 0.3) is 0 Å². The Morgan fingerprint density at radius 2 is 2.40 bits per heavy atom. The lowest BCUT2D eigenvalue weighted by Gasteiger charge is -2.03. The van der Waals surface area contributed by atoms with E-state index in [0.717, 1.165) is 0 Å². The van der Waals surface area contributed by atoms with Crippen LogP contribution in [0.3, 0.4) is 0 Å². The molecule has 1 N–H and O–H groups in total. The molecular weight excluding hydrogens is 196 g/mol. The van der Waals surface area contributed by atoms with Crippen molar-refractivity contribution in [2.45, 2.75) is 12.8 Å². The van der Waals surface area contributed by atoms with Crippen LogP contribution in [-0.4, -0.2) is 22.7 Å². The van der Waals surface area contributed by atoms with Crippen molar-refractivity contribution in [2.75, 3.05) is 6.61 Å². The maximum Gasteiger partial charge on any atom is 0.337 e. The summed E-state index contributed by atoms with van der Waals surface area (Å²) < 4.78 is 5.19. The number of aromatic carboxylic acids is 1. The van der Waals surface area contributed by atoms with Gasteiger partial charge in [-0.2, -0.15) is 5.26 Å². The standard InChI is InChI=1S/C10H10N2O3/c11-5-1-2-6-15-9-4-3-8(7-12-9)10(13)14/h3-4,7H,1-2,6H2,(H,13,14). The quantitative estimate of drug-likeness (QED) is 0.737. The molecule has 0 unspecified atom stereocenters. The first kappa shape index (κ1) is 11.0. The average Bonchev–Trinajstić information content (AvgIpc) is 2.25. The highest BCUT2D eigenvalue weighted by atomic mass is 16.5. The fourth-order valence-electron chi connectivity index (χ4n) is 0.920. The van der Waals surface area contributed by atoms with E-state index in [1.807, 2.05) is 6.07 Å². The van der Waals surface area contributed by atoms with Crippen LogP contribution in [0.2, 0.25) is 0 Å². The molecule has 0 bridgehead atoms. The van der Waals surface area contributed by atoms with Crippen molar-refractivity contribution in [2.24, 2.45) is 0 Å². The molecule has 0 spiro atoms. The molecule has 0 radical (unpaired) electrons. The van der Waals surface area contributed by atoms with E-state index in [-0.39, 0.29) is 5.56 Å². The van der Waals surface area contributed by atoms with E-state index < -0.39 is 5.97 Å². The topological polar surface area (TPSA) is 83.2 Å². The summed E-state index contributed by atoms with van der Waals surface area (Å²) in [5, 5.41) is 16.9. The number of unbranched alkanes of at least 4 members (excludes halogenated alkanes) is 1. The number of nitrogens with zero attached hydrogens (tertiary/aromatic N) is 2. The summed E-state index contributed by atoms with van der Waals surface area (Å²) in [6.07, 6.45) is 2.31. The van der Waals surface area contributed by atoms with E-state index in [1.54, 1.807) is 0 Å². The molecular formula is C10H10N2O3. The molecule has 1 heterocycles. The molecule has 0 saturated carbocycles. The Bertz CT molecular complexity index is 367. The van der Waals surface area contributed by atoms with E-state index >= 15 is 0 Å². The molecule has 0 saturated heterocycles. The van der Waals surface area contributed by atoms with Gasteiger partial charge >= 0.3 is 5.97 Å². The minimum absolute atomic E-state index is 0.124. The van der Waals surface area contributed by atoms with Crippen LogP contribution in [0.4, 0.5) is 0 Å². The average molecular weight is 206 g/mol. The first-order valence-electron chi connectivity index (χ1n) is 4.43. The van der Waals surface area contributed by atoms with Crippen LogP contribution in [0, 0.1) is 11.3 Å². The van der Waals surface area contributed by atoms with Crippen molar-refractivity contribution in [3.63, 3.8) is 0 Å². The summed E-state index contributed by atoms with van der Waals surface area (Å²) in [5.41, 5.74) is 0.124. The molecule has 0 atom stereocenters. The Morgan fingerprint density at radius 3 is 2.93 bits per heavy atom. The zero-order chi connectivity index (χ0) is 11.1. The van der Waals surface area contributed by atoms with Gasteiger partial charge in [-0.3, -0.25) is 0 Å². The summed E-state index contributed by atoms with van der Waals surface area (Å²) in [4.78, 5) is 14.3. The smallest absolute Gasteiger partial charge is 0.337 e. The van der Waals surface area contributed by atoms with E-state index in [4.69, 9.17) is 15.1 Å². The van der Waals surface area contributed by atoms with Gasteiger partial charge in [-0.15, -0.1) is 0 Å². The van der Waals surface area contributed by atoms with Crippen molar-refractivity contribution in [1.82, 2.24) is 4.98 Å². The van der Waals surface area contributed by atoms with Crippen LogP contribution in [0.5, 0.6) is 5.88 Å². The van der Waals surface area contributed by atoms with Gasteiger partial charge in [-0.1, -0.05) is 0 Å². The summed E-state index contributed by atoms with van der Waals surface area (Å²) in [6.45, 7) is 0.410. The number of carboxylic acid groups (broad SMARTS) is 1. The molecule has 0 amide bonds. The lowest BCUT2D eigenvalue weighted by molar-refractivity contribution is 0.0696. The SMILES string of the molecule is N#CCCCOc1ccc(C(=O)O)cn1. The van der Waals surface area contributed by atoms with Crippen LogP contribution < -0.4 is 4.74 Å². The molecule has 0 aliphatic carbocycles. The number of aromatic nitrogens is 1. The third kappa shape index (κ3) is 3.65. The Labute approximate surface area is 86.9 Å². The Morgan fingerprint density at radius 1 is 1.60 bits per heavy atom. The van der Waals surface area contributed by atoms with Crippen molar-refractivity contribution < 1.29 is 14.6 Å². The lowest BCUT2D eigenvalue weighted by atomic mass is 10.3. The third-order valence-corrected chi connectivity index (χ3v) is 1.67. The second-order valence-electron chi connectivity index (χ2n) is 2.80. The number of hydrogen-bond acceptors (Lipinski definition) is 4. The van der Waals surface area contributed by atoms with Crippen molar-refractivity contribution in [3.8, 4) is 11.9 Å². The second kappa shape index (κ2) is 5.60. The minimum Gasteiger partial charge on any atom is -0.478 e. The molecule has 78 valence electrons. The fourth-order valence-corrected chi connectivity index (χ4v) is 0.920. The number of carbonyl (C=O) groups is 1. The van der Waals surface area contributed by atoms with E-state index in [0.29, 0.717) is 25.3 Å². The second-order valence-corrected chi connectivity index (χ2v) is 2.80. The predicted molar refractivity (Wildman–Crippen MR) is 51.5 cm³/mol. The van der Waals surface area contributed by atoms with Crippen LogP contribution in [-0.2, 0) is 0 Å². The van der Waals surface area contributed by atoms with Crippen LogP contribution in [0.1, 0.15) is 23.2 Å². The van der Waals surface area contributed by atoms with Gasteiger partial charge in [0.05, 0.1) is 18.2 Å². The number of pyridine rings is 1. The number of ether oxygens (including phenoxy) is 1. The molecule has 0 aromatic carbocycles. The van der Waals surface area contributed by atoms with Gasteiger partial charge in [0.1, 0.15) is 0 Å². The van der Waals surface area contributed by atoms with Gasteiger partial charge in [0.2, 0.25) is 5.88 Å².